The van der Waals surface area contributed by atoms with Gasteiger partial charge in [0.25, 0.3) is 0 Å². The van der Waals surface area contributed by atoms with E-state index >= 15 is 0 Å². The van der Waals surface area contributed by atoms with Crippen LogP contribution in [0.3, 0.4) is 0 Å². The first-order valence-corrected chi connectivity index (χ1v) is 5.53. The fourth-order valence-corrected chi connectivity index (χ4v) is 1.79. The number of rotatable bonds is 3. The van der Waals surface area contributed by atoms with Crippen molar-refractivity contribution in [3.05, 3.63) is 47.2 Å². The first-order valence-electron chi connectivity index (χ1n) is 5.15. The van der Waals surface area contributed by atoms with Crippen LogP contribution in [0.4, 0.5) is 0 Å². The second-order valence-corrected chi connectivity index (χ2v) is 3.99. The van der Waals surface area contributed by atoms with Crippen LogP contribution in [-0.4, -0.2) is 23.2 Å². The van der Waals surface area contributed by atoms with Crippen molar-refractivity contribution >= 4 is 17.6 Å². The van der Waals surface area contributed by atoms with Gasteiger partial charge in [-0.2, -0.15) is 0 Å². The predicted molar refractivity (Wildman–Crippen MR) is 68.2 cm³/mol. The van der Waals surface area contributed by atoms with Crippen LogP contribution in [-0.2, 0) is 0 Å². The predicted octanol–water partition coefficient (Wildman–Crippen LogP) is 3.11. The first-order chi connectivity index (χ1) is 8.61. The molecule has 0 spiro atoms. The van der Waals surface area contributed by atoms with E-state index in [4.69, 9.17) is 21.4 Å². The molecule has 18 heavy (non-hydrogen) atoms. The van der Waals surface area contributed by atoms with Crippen LogP contribution in [0.5, 0.6) is 5.75 Å². The number of pyridine rings is 1. The van der Waals surface area contributed by atoms with Gasteiger partial charge < -0.3 is 9.84 Å². The fourth-order valence-electron chi connectivity index (χ4n) is 1.54. The Bertz CT molecular complexity index is 581. The Hall–Kier alpha value is -2.07. The molecule has 0 saturated heterocycles. The zero-order chi connectivity index (χ0) is 13.1. The molecular weight excluding hydrogens is 254 g/mol. The van der Waals surface area contributed by atoms with E-state index in [0.717, 1.165) is 11.1 Å². The van der Waals surface area contributed by atoms with Gasteiger partial charge in [0.05, 0.1) is 12.1 Å². The van der Waals surface area contributed by atoms with E-state index in [2.05, 4.69) is 4.98 Å². The summed E-state index contributed by atoms with van der Waals surface area (Å²) in [5, 5.41) is 9.26. The molecule has 0 saturated carbocycles. The third kappa shape index (κ3) is 2.43. The number of methoxy groups -OCH3 is 1. The highest BCUT2D eigenvalue weighted by atomic mass is 35.5. The molecule has 0 aliphatic carbocycles. The van der Waals surface area contributed by atoms with Crippen molar-refractivity contribution in [2.45, 2.75) is 0 Å². The van der Waals surface area contributed by atoms with Crippen LogP contribution in [0.1, 0.15) is 10.5 Å². The van der Waals surface area contributed by atoms with Crippen LogP contribution in [0.25, 0.3) is 11.1 Å². The lowest BCUT2D eigenvalue weighted by Crippen LogP contribution is -1.99. The van der Waals surface area contributed by atoms with Crippen LogP contribution >= 0.6 is 11.6 Å². The molecule has 0 atom stereocenters. The number of carboxylic acids is 1. The molecule has 0 fully saturated rings. The summed E-state index contributed by atoms with van der Waals surface area (Å²) in [6, 6.07) is 8.48. The molecule has 0 amide bonds. The molecular formula is C13H10ClNO3. The molecule has 2 rings (SSSR count). The summed E-state index contributed by atoms with van der Waals surface area (Å²) in [4.78, 5) is 14.5. The summed E-state index contributed by atoms with van der Waals surface area (Å²) in [6.45, 7) is 0. The first kappa shape index (κ1) is 12.4. The number of ether oxygens (including phenoxy) is 1. The largest absolute Gasteiger partial charge is 0.495 e. The number of aromatic carboxylic acids is 1. The van der Waals surface area contributed by atoms with E-state index in [0.29, 0.717) is 10.8 Å². The second kappa shape index (κ2) is 5.06. The highest BCUT2D eigenvalue weighted by molar-refractivity contribution is 6.32. The Morgan fingerprint density at radius 1 is 1.28 bits per heavy atom. The summed E-state index contributed by atoms with van der Waals surface area (Å²) in [5.74, 6) is -0.454. The Balaban J connectivity index is 2.36. The van der Waals surface area contributed by atoms with E-state index in [9.17, 15) is 4.79 Å². The maximum absolute atomic E-state index is 10.7. The smallest absolute Gasteiger partial charge is 0.354 e. The zero-order valence-electron chi connectivity index (χ0n) is 9.55. The zero-order valence-corrected chi connectivity index (χ0v) is 10.3. The molecule has 1 aromatic carbocycles. The molecule has 5 heteroatoms. The molecule has 1 N–H and O–H groups in total. The third-order valence-electron chi connectivity index (χ3n) is 2.47. The summed E-state index contributed by atoms with van der Waals surface area (Å²) < 4.78 is 5.06. The topological polar surface area (TPSA) is 59.4 Å². The number of carbonyl (C=O) groups is 1. The van der Waals surface area contributed by atoms with Crippen molar-refractivity contribution in [2.75, 3.05) is 7.11 Å². The van der Waals surface area contributed by atoms with E-state index in [1.165, 1.54) is 12.3 Å². The van der Waals surface area contributed by atoms with E-state index in [1.807, 2.05) is 6.07 Å². The van der Waals surface area contributed by atoms with Gasteiger partial charge >= 0.3 is 5.97 Å². The molecule has 0 aliphatic heterocycles. The highest BCUT2D eigenvalue weighted by Crippen LogP contribution is 2.29. The Labute approximate surface area is 109 Å². The SMILES string of the molecule is COc1ccc(-c2ccc(C(=O)O)nc2)cc1Cl. The minimum absolute atomic E-state index is 0.0124. The number of carboxylic acid groups (broad SMARTS) is 1. The van der Waals surface area contributed by atoms with E-state index < -0.39 is 5.97 Å². The summed E-state index contributed by atoms with van der Waals surface area (Å²) >= 11 is 6.02. The summed E-state index contributed by atoms with van der Waals surface area (Å²) in [7, 11) is 1.55. The standard InChI is InChI=1S/C13H10ClNO3/c1-18-12-5-3-8(6-10(12)14)9-2-4-11(13(16)17)15-7-9/h2-7H,1H3,(H,16,17). The van der Waals surface area contributed by atoms with Crippen molar-refractivity contribution in [1.82, 2.24) is 4.98 Å². The number of halogens is 1. The molecule has 0 bridgehead atoms. The molecule has 0 radical (unpaired) electrons. The summed E-state index contributed by atoms with van der Waals surface area (Å²) in [6.07, 6.45) is 1.50. The number of benzene rings is 1. The van der Waals surface area contributed by atoms with E-state index in [-0.39, 0.29) is 5.69 Å². The quantitative estimate of drug-likeness (QED) is 0.924. The molecule has 1 heterocycles. The fraction of sp³-hybridized carbons (Fsp3) is 0.0769. The highest BCUT2D eigenvalue weighted by Gasteiger charge is 2.07. The second-order valence-electron chi connectivity index (χ2n) is 3.59. The molecule has 1 aromatic heterocycles. The Morgan fingerprint density at radius 2 is 2.00 bits per heavy atom. The molecule has 4 nitrogen and oxygen atoms in total. The number of nitrogens with zero attached hydrogens (tertiary/aromatic N) is 1. The Morgan fingerprint density at radius 3 is 2.50 bits per heavy atom. The van der Waals surface area contributed by atoms with Crippen LogP contribution in [0.15, 0.2) is 36.5 Å². The maximum atomic E-state index is 10.7. The van der Waals surface area contributed by atoms with Crippen molar-refractivity contribution in [3.63, 3.8) is 0 Å². The lowest BCUT2D eigenvalue weighted by Gasteiger charge is -2.06. The van der Waals surface area contributed by atoms with E-state index in [1.54, 1.807) is 25.3 Å². The average Bonchev–Trinajstić information content (AvgIpc) is 2.38. The minimum atomic E-state index is -1.05. The van der Waals surface area contributed by atoms with Gasteiger partial charge in [-0.1, -0.05) is 23.7 Å². The monoisotopic (exact) mass is 263 g/mol. The molecule has 0 unspecified atom stereocenters. The van der Waals surface area contributed by atoms with Gasteiger partial charge in [-0.25, -0.2) is 9.78 Å². The van der Waals surface area contributed by atoms with Gasteiger partial charge in [-0.15, -0.1) is 0 Å². The van der Waals surface area contributed by atoms with Crippen molar-refractivity contribution in [3.8, 4) is 16.9 Å². The molecule has 2 aromatic rings. The summed E-state index contributed by atoms with van der Waals surface area (Å²) in [5.41, 5.74) is 1.66. The average molecular weight is 264 g/mol. The van der Waals surface area contributed by atoms with Crippen LogP contribution in [0.2, 0.25) is 5.02 Å². The van der Waals surface area contributed by atoms with Gasteiger partial charge in [0.15, 0.2) is 0 Å². The maximum Gasteiger partial charge on any atom is 0.354 e. The normalized spacial score (nSPS) is 10.1. The van der Waals surface area contributed by atoms with Gasteiger partial charge in [0.1, 0.15) is 11.4 Å². The van der Waals surface area contributed by atoms with Crippen molar-refractivity contribution in [2.24, 2.45) is 0 Å². The number of hydrogen-bond donors (Lipinski definition) is 1. The third-order valence-corrected chi connectivity index (χ3v) is 2.76. The van der Waals surface area contributed by atoms with Gasteiger partial charge in [-0.3, -0.25) is 0 Å². The number of hydrogen-bond acceptors (Lipinski definition) is 3. The lowest BCUT2D eigenvalue weighted by molar-refractivity contribution is 0.0690. The van der Waals surface area contributed by atoms with Crippen molar-refractivity contribution < 1.29 is 14.6 Å². The number of aromatic nitrogens is 1. The lowest BCUT2D eigenvalue weighted by atomic mass is 10.1. The molecule has 92 valence electrons. The van der Waals surface area contributed by atoms with Gasteiger partial charge in [-0.05, 0) is 23.8 Å². The Kier molecular flexibility index (Phi) is 3.48. The van der Waals surface area contributed by atoms with Crippen molar-refractivity contribution in [1.29, 1.82) is 0 Å². The van der Waals surface area contributed by atoms with Crippen LogP contribution < -0.4 is 4.74 Å². The van der Waals surface area contributed by atoms with Gasteiger partial charge in [0.2, 0.25) is 0 Å². The minimum Gasteiger partial charge on any atom is -0.495 e. The van der Waals surface area contributed by atoms with Crippen LogP contribution in [0, 0.1) is 0 Å². The molecule has 0 aliphatic rings. The van der Waals surface area contributed by atoms with Gasteiger partial charge in [0, 0.05) is 11.8 Å².